The first-order chi connectivity index (χ1) is 10.1. The number of hydrogen-bond acceptors (Lipinski definition) is 4. The van der Waals surface area contributed by atoms with Crippen LogP contribution in [0.2, 0.25) is 0 Å². The van der Waals surface area contributed by atoms with Crippen molar-refractivity contribution in [2.24, 2.45) is 0 Å². The number of rotatable bonds is 3. The second-order valence-electron chi connectivity index (χ2n) is 5.01. The molecule has 0 fully saturated rings. The molecule has 0 spiro atoms. The number of aryl methyl sites for hydroxylation is 1. The fraction of sp³-hybridized carbons (Fsp3) is 0.267. The van der Waals surface area contributed by atoms with Gasteiger partial charge in [-0.3, -0.25) is 14.9 Å². The monoisotopic (exact) mass is 286 g/mol. The Morgan fingerprint density at radius 3 is 2.86 bits per heavy atom. The number of amides is 1. The summed E-state index contributed by atoms with van der Waals surface area (Å²) in [6.07, 6.45) is 2.86. The zero-order valence-electron chi connectivity index (χ0n) is 11.2. The topological polar surface area (TPSA) is 85.4 Å². The van der Waals surface area contributed by atoms with Crippen molar-refractivity contribution < 1.29 is 14.1 Å². The minimum Gasteiger partial charge on any atom is -0.395 e. The number of carbonyl (C=O) groups is 1. The standard InChI is InChI=1S/C15H14N2O4/c18-15(13-8-9-14(21-13)17(19)20)16-12-7-3-5-10-4-1-2-6-11(10)12/h1-2,4,6,8-9,12H,3,5,7H2,(H,16,18). The van der Waals surface area contributed by atoms with Crippen molar-refractivity contribution in [2.75, 3.05) is 0 Å². The van der Waals surface area contributed by atoms with Gasteiger partial charge in [-0.25, -0.2) is 0 Å². The lowest BCUT2D eigenvalue weighted by Gasteiger charge is -2.25. The van der Waals surface area contributed by atoms with Gasteiger partial charge >= 0.3 is 5.88 Å². The molecular formula is C15H14N2O4. The molecule has 6 heteroatoms. The molecule has 0 saturated heterocycles. The largest absolute Gasteiger partial charge is 0.433 e. The molecule has 108 valence electrons. The van der Waals surface area contributed by atoms with Gasteiger partial charge in [0.1, 0.15) is 4.92 Å². The lowest BCUT2D eigenvalue weighted by molar-refractivity contribution is -0.402. The molecule has 6 nitrogen and oxygen atoms in total. The smallest absolute Gasteiger partial charge is 0.395 e. The zero-order valence-corrected chi connectivity index (χ0v) is 11.2. The van der Waals surface area contributed by atoms with Crippen LogP contribution in [-0.4, -0.2) is 10.8 Å². The first-order valence-corrected chi connectivity index (χ1v) is 6.78. The van der Waals surface area contributed by atoms with E-state index in [9.17, 15) is 14.9 Å². The second-order valence-corrected chi connectivity index (χ2v) is 5.01. The number of furan rings is 1. The Balaban J connectivity index is 1.77. The summed E-state index contributed by atoms with van der Waals surface area (Å²) < 4.78 is 4.93. The van der Waals surface area contributed by atoms with Crippen molar-refractivity contribution in [3.63, 3.8) is 0 Å². The first-order valence-electron chi connectivity index (χ1n) is 6.78. The van der Waals surface area contributed by atoms with Gasteiger partial charge in [-0.1, -0.05) is 24.3 Å². The van der Waals surface area contributed by atoms with E-state index in [-0.39, 0.29) is 11.8 Å². The summed E-state index contributed by atoms with van der Waals surface area (Å²) in [6.45, 7) is 0. The van der Waals surface area contributed by atoms with E-state index in [1.165, 1.54) is 17.7 Å². The molecule has 3 rings (SSSR count). The van der Waals surface area contributed by atoms with E-state index in [4.69, 9.17) is 4.42 Å². The van der Waals surface area contributed by atoms with Crippen LogP contribution in [0.1, 0.15) is 40.6 Å². The SMILES string of the molecule is O=C(NC1CCCc2ccccc21)c1ccc([N+](=O)[O-])o1. The molecule has 1 aliphatic carbocycles. The summed E-state index contributed by atoms with van der Waals surface area (Å²) in [5.74, 6) is -0.890. The van der Waals surface area contributed by atoms with Crippen molar-refractivity contribution in [2.45, 2.75) is 25.3 Å². The Hall–Kier alpha value is -2.63. The van der Waals surface area contributed by atoms with Crippen LogP contribution in [-0.2, 0) is 6.42 Å². The quantitative estimate of drug-likeness (QED) is 0.694. The van der Waals surface area contributed by atoms with Crippen LogP contribution in [0.4, 0.5) is 5.88 Å². The molecule has 0 aliphatic heterocycles. The van der Waals surface area contributed by atoms with E-state index < -0.39 is 16.7 Å². The van der Waals surface area contributed by atoms with E-state index >= 15 is 0 Å². The van der Waals surface area contributed by atoms with Crippen LogP contribution in [0, 0.1) is 10.1 Å². The summed E-state index contributed by atoms with van der Waals surface area (Å²) in [7, 11) is 0. The number of nitrogens with one attached hydrogen (secondary N) is 1. The molecule has 0 radical (unpaired) electrons. The number of fused-ring (bicyclic) bond motifs is 1. The molecule has 0 bridgehead atoms. The van der Waals surface area contributed by atoms with Crippen molar-refractivity contribution in [1.29, 1.82) is 0 Å². The van der Waals surface area contributed by atoms with E-state index in [0.29, 0.717) is 0 Å². The Morgan fingerprint density at radius 2 is 2.10 bits per heavy atom. The summed E-state index contributed by atoms with van der Waals surface area (Å²) >= 11 is 0. The Labute approximate surface area is 120 Å². The molecule has 0 saturated carbocycles. The average Bonchev–Trinajstić information content (AvgIpc) is 2.98. The molecule has 1 heterocycles. The lowest BCUT2D eigenvalue weighted by atomic mass is 9.88. The average molecular weight is 286 g/mol. The number of nitrogens with zero attached hydrogens (tertiary/aromatic N) is 1. The molecular weight excluding hydrogens is 272 g/mol. The Morgan fingerprint density at radius 1 is 1.29 bits per heavy atom. The Kier molecular flexibility index (Phi) is 3.43. The highest BCUT2D eigenvalue weighted by Crippen LogP contribution is 2.29. The fourth-order valence-corrected chi connectivity index (χ4v) is 2.68. The van der Waals surface area contributed by atoms with Gasteiger partial charge in [0.2, 0.25) is 0 Å². The molecule has 1 aliphatic rings. The van der Waals surface area contributed by atoms with Crippen LogP contribution >= 0.6 is 0 Å². The summed E-state index contributed by atoms with van der Waals surface area (Å²) in [5, 5.41) is 13.5. The fourth-order valence-electron chi connectivity index (χ4n) is 2.68. The molecule has 1 aromatic carbocycles. The normalized spacial score (nSPS) is 17.0. The minimum atomic E-state index is -0.660. The maximum absolute atomic E-state index is 12.1. The van der Waals surface area contributed by atoms with E-state index in [1.807, 2.05) is 18.2 Å². The number of benzene rings is 1. The molecule has 1 aromatic heterocycles. The van der Waals surface area contributed by atoms with Crippen LogP contribution in [0.3, 0.4) is 0 Å². The predicted octanol–water partition coefficient (Wildman–Crippen LogP) is 3.00. The molecule has 1 unspecified atom stereocenters. The summed E-state index contributed by atoms with van der Waals surface area (Å²) in [5.41, 5.74) is 2.35. The zero-order chi connectivity index (χ0) is 14.8. The van der Waals surface area contributed by atoms with Crippen LogP contribution in [0.15, 0.2) is 40.8 Å². The molecule has 1 N–H and O–H groups in total. The van der Waals surface area contributed by atoms with E-state index in [2.05, 4.69) is 11.4 Å². The van der Waals surface area contributed by atoms with Gasteiger partial charge in [-0.15, -0.1) is 0 Å². The maximum atomic E-state index is 12.1. The van der Waals surface area contributed by atoms with Crippen LogP contribution < -0.4 is 5.32 Å². The predicted molar refractivity (Wildman–Crippen MR) is 74.9 cm³/mol. The van der Waals surface area contributed by atoms with Gasteiger partial charge in [-0.05, 0) is 36.5 Å². The molecule has 1 atom stereocenters. The third kappa shape index (κ3) is 2.65. The van der Waals surface area contributed by atoms with Gasteiger partial charge < -0.3 is 9.73 Å². The number of hydrogen-bond donors (Lipinski definition) is 1. The van der Waals surface area contributed by atoms with Gasteiger partial charge in [0.25, 0.3) is 5.91 Å². The van der Waals surface area contributed by atoms with E-state index in [1.54, 1.807) is 0 Å². The lowest BCUT2D eigenvalue weighted by Crippen LogP contribution is -2.30. The number of carbonyl (C=O) groups excluding carboxylic acids is 1. The summed E-state index contributed by atoms with van der Waals surface area (Å²) in [6, 6.07) is 10.4. The van der Waals surface area contributed by atoms with Crippen LogP contribution in [0.5, 0.6) is 0 Å². The van der Waals surface area contributed by atoms with Crippen molar-refractivity contribution in [3.05, 3.63) is 63.4 Å². The van der Waals surface area contributed by atoms with Crippen LogP contribution in [0.25, 0.3) is 0 Å². The van der Waals surface area contributed by atoms with Crippen molar-refractivity contribution in [1.82, 2.24) is 5.32 Å². The minimum absolute atomic E-state index is 0.0373. The number of nitro groups is 1. The van der Waals surface area contributed by atoms with Gasteiger partial charge in [-0.2, -0.15) is 0 Å². The second kappa shape index (κ2) is 5.40. The van der Waals surface area contributed by atoms with Gasteiger partial charge in [0.15, 0.2) is 5.76 Å². The molecule has 21 heavy (non-hydrogen) atoms. The van der Waals surface area contributed by atoms with Gasteiger partial charge in [0.05, 0.1) is 12.1 Å². The highest BCUT2D eigenvalue weighted by molar-refractivity contribution is 5.92. The van der Waals surface area contributed by atoms with E-state index in [0.717, 1.165) is 24.8 Å². The van der Waals surface area contributed by atoms with Crippen molar-refractivity contribution >= 4 is 11.8 Å². The molecule has 2 aromatic rings. The maximum Gasteiger partial charge on any atom is 0.433 e. The highest BCUT2D eigenvalue weighted by Gasteiger charge is 2.24. The molecule has 1 amide bonds. The third-order valence-corrected chi connectivity index (χ3v) is 3.67. The highest BCUT2D eigenvalue weighted by atomic mass is 16.6. The van der Waals surface area contributed by atoms with Gasteiger partial charge in [0, 0.05) is 0 Å². The third-order valence-electron chi connectivity index (χ3n) is 3.67. The Bertz CT molecular complexity index is 692. The van der Waals surface area contributed by atoms with Crippen molar-refractivity contribution in [3.8, 4) is 0 Å². The first kappa shape index (κ1) is 13.4. The summed E-state index contributed by atoms with van der Waals surface area (Å²) in [4.78, 5) is 22.0.